The van der Waals surface area contributed by atoms with Gasteiger partial charge in [0.05, 0.1) is 12.2 Å². The maximum Gasteiger partial charge on any atom is 0.303 e. The molecule has 1 aliphatic heterocycles. The van der Waals surface area contributed by atoms with Crippen molar-refractivity contribution in [2.24, 2.45) is 0 Å². The fourth-order valence-corrected chi connectivity index (χ4v) is 3.24. The monoisotopic (exact) mass is 357 g/mol. The highest BCUT2D eigenvalue weighted by atomic mass is 16.5. The molecule has 0 saturated carbocycles. The van der Waals surface area contributed by atoms with Crippen molar-refractivity contribution in [3.8, 4) is 0 Å². The molecule has 0 N–H and O–H groups in total. The summed E-state index contributed by atoms with van der Waals surface area (Å²) in [6.45, 7) is 9.50. The van der Waals surface area contributed by atoms with E-state index < -0.39 is 0 Å². The van der Waals surface area contributed by atoms with Crippen LogP contribution in [0.3, 0.4) is 0 Å². The van der Waals surface area contributed by atoms with E-state index in [9.17, 15) is 4.79 Å². The number of ether oxygens (including phenoxy) is 1. The summed E-state index contributed by atoms with van der Waals surface area (Å²) in [5.41, 5.74) is 2.21. The van der Waals surface area contributed by atoms with Gasteiger partial charge in [-0.15, -0.1) is 0 Å². The lowest BCUT2D eigenvalue weighted by Crippen LogP contribution is -2.30. The summed E-state index contributed by atoms with van der Waals surface area (Å²) in [5.74, 6) is 1.32. The number of aromatic nitrogens is 1. The molecule has 0 bridgehead atoms. The lowest BCUT2D eigenvalue weighted by atomic mass is 10.3. The van der Waals surface area contributed by atoms with Gasteiger partial charge in [-0.1, -0.05) is 6.07 Å². The molecule has 0 atom stereocenters. The van der Waals surface area contributed by atoms with E-state index in [0.29, 0.717) is 5.76 Å². The predicted molar refractivity (Wildman–Crippen MR) is 98.3 cm³/mol. The minimum Gasteiger partial charge on any atom is -0.461 e. The smallest absolute Gasteiger partial charge is 0.303 e. The highest BCUT2D eigenvalue weighted by Gasteiger charge is 2.17. The second-order valence-corrected chi connectivity index (χ2v) is 6.82. The fraction of sp³-hybridized carbons (Fsp3) is 0.500. The average Bonchev–Trinajstić information content (AvgIpc) is 2.93. The van der Waals surface area contributed by atoms with Crippen molar-refractivity contribution in [3.05, 3.63) is 53.2 Å². The summed E-state index contributed by atoms with van der Waals surface area (Å²) in [6.07, 6.45) is 1.13. The molecule has 1 saturated heterocycles. The summed E-state index contributed by atoms with van der Waals surface area (Å²) >= 11 is 0. The molecule has 2 aromatic heterocycles. The summed E-state index contributed by atoms with van der Waals surface area (Å²) in [5, 5.41) is 0. The van der Waals surface area contributed by atoms with E-state index >= 15 is 0 Å². The zero-order valence-electron chi connectivity index (χ0n) is 15.6. The minimum atomic E-state index is -0.293. The molecular weight excluding hydrogens is 330 g/mol. The van der Waals surface area contributed by atoms with E-state index in [2.05, 4.69) is 26.9 Å². The number of carbonyl (C=O) groups excluding carboxylic acids is 1. The third-order valence-corrected chi connectivity index (χ3v) is 4.53. The summed E-state index contributed by atoms with van der Waals surface area (Å²) in [7, 11) is 0. The Morgan fingerprint density at radius 3 is 2.54 bits per heavy atom. The number of aryl methyl sites for hydroxylation is 1. The molecule has 3 heterocycles. The molecule has 140 valence electrons. The van der Waals surface area contributed by atoms with Gasteiger partial charge in [-0.3, -0.25) is 19.6 Å². The van der Waals surface area contributed by atoms with Gasteiger partial charge in [-0.2, -0.15) is 0 Å². The van der Waals surface area contributed by atoms with E-state index in [-0.39, 0.29) is 12.6 Å². The predicted octanol–water partition coefficient (Wildman–Crippen LogP) is 2.75. The summed E-state index contributed by atoms with van der Waals surface area (Å²) < 4.78 is 10.7. The van der Waals surface area contributed by atoms with Crippen molar-refractivity contribution < 1.29 is 13.9 Å². The first-order valence-corrected chi connectivity index (χ1v) is 9.17. The topological polar surface area (TPSA) is 58.8 Å². The largest absolute Gasteiger partial charge is 0.461 e. The van der Waals surface area contributed by atoms with E-state index in [4.69, 9.17) is 9.15 Å². The molecule has 1 fully saturated rings. The van der Waals surface area contributed by atoms with Crippen LogP contribution in [0.5, 0.6) is 0 Å². The fourth-order valence-electron chi connectivity index (χ4n) is 3.24. The molecule has 3 rings (SSSR count). The number of hydrogen-bond acceptors (Lipinski definition) is 6. The van der Waals surface area contributed by atoms with Crippen LogP contribution in [0.2, 0.25) is 0 Å². The third kappa shape index (κ3) is 5.68. The number of carbonyl (C=O) groups is 1. The van der Waals surface area contributed by atoms with Crippen LogP contribution >= 0.6 is 0 Å². The van der Waals surface area contributed by atoms with Crippen molar-refractivity contribution in [1.29, 1.82) is 0 Å². The number of hydrogen-bond donors (Lipinski definition) is 0. The number of nitrogens with zero attached hydrogens (tertiary/aromatic N) is 3. The van der Waals surface area contributed by atoms with Gasteiger partial charge >= 0.3 is 5.97 Å². The van der Waals surface area contributed by atoms with Crippen molar-refractivity contribution >= 4 is 5.97 Å². The van der Waals surface area contributed by atoms with Gasteiger partial charge < -0.3 is 9.15 Å². The molecule has 2 aromatic rings. The molecular formula is C20H27N3O3. The Kier molecular flexibility index (Phi) is 6.41. The molecule has 0 unspecified atom stereocenters. The van der Waals surface area contributed by atoms with Crippen LogP contribution in [0, 0.1) is 6.92 Å². The molecule has 0 radical (unpaired) electrons. The minimum absolute atomic E-state index is 0.201. The maximum absolute atomic E-state index is 10.9. The van der Waals surface area contributed by atoms with E-state index in [0.717, 1.165) is 62.8 Å². The Labute approximate surface area is 154 Å². The van der Waals surface area contributed by atoms with E-state index in [1.165, 1.54) is 6.92 Å². The molecule has 26 heavy (non-hydrogen) atoms. The van der Waals surface area contributed by atoms with Crippen molar-refractivity contribution in [1.82, 2.24) is 14.8 Å². The van der Waals surface area contributed by atoms with Crippen LogP contribution in [-0.2, 0) is 29.2 Å². The van der Waals surface area contributed by atoms with Crippen LogP contribution in [0.25, 0.3) is 0 Å². The van der Waals surface area contributed by atoms with Gasteiger partial charge in [0.25, 0.3) is 0 Å². The zero-order valence-corrected chi connectivity index (χ0v) is 15.6. The molecule has 0 amide bonds. The van der Waals surface area contributed by atoms with Crippen LogP contribution in [-0.4, -0.2) is 46.9 Å². The standard InChI is InChI=1S/C20H27N3O3/c1-16-5-3-6-18(21-16)13-22-9-4-10-23(12-11-22)14-19-7-8-20(26-19)15-25-17(2)24/h3,5-8H,4,9-15H2,1-2H3. The van der Waals surface area contributed by atoms with Crippen LogP contribution in [0.1, 0.15) is 36.3 Å². The first-order chi connectivity index (χ1) is 12.6. The normalized spacial score (nSPS) is 16.4. The molecule has 6 nitrogen and oxygen atoms in total. The Bertz CT molecular complexity index is 729. The molecule has 0 aromatic carbocycles. The van der Waals surface area contributed by atoms with E-state index in [1.54, 1.807) is 0 Å². The molecule has 0 aliphatic carbocycles. The summed E-state index contributed by atoms with van der Waals surface area (Å²) in [6, 6.07) is 10.1. The number of furan rings is 1. The molecule has 1 aliphatic rings. The molecule has 0 spiro atoms. The Morgan fingerprint density at radius 1 is 1.08 bits per heavy atom. The van der Waals surface area contributed by atoms with Crippen LogP contribution < -0.4 is 0 Å². The van der Waals surface area contributed by atoms with Crippen molar-refractivity contribution in [2.75, 3.05) is 26.2 Å². The quantitative estimate of drug-likeness (QED) is 0.741. The Morgan fingerprint density at radius 2 is 1.81 bits per heavy atom. The lowest BCUT2D eigenvalue weighted by molar-refractivity contribution is -0.142. The third-order valence-electron chi connectivity index (χ3n) is 4.53. The van der Waals surface area contributed by atoms with Gasteiger partial charge in [-0.05, 0) is 50.7 Å². The average molecular weight is 357 g/mol. The zero-order chi connectivity index (χ0) is 18.4. The number of pyridine rings is 1. The second kappa shape index (κ2) is 8.96. The van der Waals surface area contributed by atoms with Gasteiger partial charge in [0, 0.05) is 32.3 Å². The number of esters is 1. The number of rotatable bonds is 6. The van der Waals surface area contributed by atoms with Gasteiger partial charge in [-0.25, -0.2) is 0 Å². The molecule has 6 heteroatoms. The van der Waals surface area contributed by atoms with Crippen LogP contribution in [0.4, 0.5) is 0 Å². The lowest BCUT2D eigenvalue weighted by Gasteiger charge is -2.21. The van der Waals surface area contributed by atoms with Crippen molar-refractivity contribution in [3.63, 3.8) is 0 Å². The van der Waals surface area contributed by atoms with E-state index in [1.807, 2.05) is 25.1 Å². The first kappa shape index (κ1) is 18.6. The van der Waals surface area contributed by atoms with Gasteiger partial charge in [0.2, 0.25) is 0 Å². The first-order valence-electron chi connectivity index (χ1n) is 9.17. The van der Waals surface area contributed by atoms with Crippen LogP contribution in [0.15, 0.2) is 34.7 Å². The van der Waals surface area contributed by atoms with Gasteiger partial charge in [0.1, 0.15) is 18.1 Å². The van der Waals surface area contributed by atoms with Crippen molar-refractivity contribution in [2.45, 2.75) is 40.0 Å². The Hall–Kier alpha value is -2.18. The Balaban J connectivity index is 1.48. The SMILES string of the molecule is CC(=O)OCc1ccc(CN2CCCN(Cc3cccc(C)n3)CC2)o1. The maximum atomic E-state index is 10.9. The van der Waals surface area contributed by atoms with Gasteiger partial charge in [0.15, 0.2) is 0 Å². The highest BCUT2D eigenvalue weighted by molar-refractivity contribution is 5.65. The summed E-state index contributed by atoms with van der Waals surface area (Å²) in [4.78, 5) is 20.4. The second-order valence-electron chi connectivity index (χ2n) is 6.82. The highest BCUT2D eigenvalue weighted by Crippen LogP contribution is 2.14.